The first-order valence-corrected chi connectivity index (χ1v) is 7.67. The van der Waals surface area contributed by atoms with Gasteiger partial charge in [0, 0.05) is 27.2 Å². The Balaban J connectivity index is 0.00000441. The minimum Gasteiger partial charge on any atom is -0.380 e. The van der Waals surface area contributed by atoms with E-state index >= 15 is 0 Å². The van der Waals surface area contributed by atoms with Crippen LogP contribution >= 0.6 is 24.0 Å². The van der Waals surface area contributed by atoms with E-state index in [1.807, 2.05) is 0 Å². The molecule has 0 unspecified atom stereocenters. The molecule has 0 amide bonds. The lowest BCUT2D eigenvalue weighted by molar-refractivity contribution is 0.185. The maximum absolute atomic E-state index is 5.11. The van der Waals surface area contributed by atoms with Gasteiger partial charge in [0.25, 0.3) is 0 Å². The molecule has 0 heterocycles. The molecule has 0 spiro atoms. The van der Waals surface area contributed by atoms with Gasteiger partial charge in [-0.2, -0.15) is 0 Å². The van der Waals surface area contributed by atoms with Gasteiger partial charge in [0.2, 0.25) is 0 Å². The monoisotopic (exact) mass is 419 g/mol. The van der Waals surface area contributed by atoms with E-state index in [4.69, 9.17) is 4.74 Å². The summed E-state index contributed by atoms with van der Waals surface area (Å²) in [5, 5.41) is 6.68. The van der Waals surface area contributed by atoms with Crippen LogP contribution in [0.5, 0.6) is 0 Å². The summed E-state index contributed by atoms with van der Waals surface area (Å²) in [6.45, 7) is 6.90. The fraction of sp³-hybridized carbons (Fsp3) is 0.588. The Morgan fingerprint density at radius 3 is 2.32 bits per heavy atom. The van der Waals surface area contributed by atoms with Gasteiger partial charge >= 0.3 is 0 Å². The zero-order valence-corrected chi connectivity index (χ0v) is 16.5. The van der Waals surface area contributed by atoms with Crippen molar-refractivity contribution in [1.29, 1.82) is 0 Å². The molecule has 0 bridgehead atoms. The predicted octanol–water partition coefficient (Wildman–Crippen LogP) is 3.55. The summed E-state index contributed by atoms with van der Waals surface area (Å²) in [6, 6.07) is 8.43. The lowest BCUT2D eigenvalue weighted by Crippen LogP contribution is -2.37. The lowest BCUT2D eigenvalue weighted by Gasteiger charge is -2.12. The van der Waals surface area contributed by atoms with Crippen LogP contribution in [0.15, 0.2) is 29.3 Å². The number of rotatable bonds is 8. The Morgan fingerprint density at radius 2 is 1.77 bits per heavy atom. The van der Waals surface area contributed by atoms with Crippen molar-refractivity contribution in [2.45, 2.75) is 39.8 Å². The second-order valence-corrected chi connectivity index (χ2v) is 5.64. The molecular formula is C17H30IN3O. The molecule has 0 saturated carbocycles. The highest BCUT2D eigenvalue weighted by Crippen LogP contribution is 2.05. The number of nitrogens with zero attached hydrogens (tertiary/aromatic N) is 1. The number of benzene rings is 1. The average molecular weight is 419 g/mol. The Morgan fingerprint density at radius 1 is 1.14 bits per heavy atom. The molecule has 1 aromatic carbocycles. The Labute approximate surface area is 152 Å². The normalized spacial score (nSPS) is 11.2. The number of methoxy groups -OCH3 is 1. The van der Waals surface area contributed by atoms with Crippen LogP contribution < -0.4 is 10.6 Å². The van der Waals surface area contributed by atoms with E-state index in [0.29, 0.717) is 6.61 Å². The minimum atomic E-state index is 0. The number of halogens is 1. The van der Waals surface area contributed by atoms with Gasteiger partial charge in [-0.25, -0.2) is 0 Å². The molecule has 0 atom stereocenters. The van der Waals surface area contributed by atoms with Gasteiger partial charge in [-0.05, 0) is 29.9 Å². The molecule has 1 rings (SSSR count). The van der Waals surface area contributed by atoms with Crippen LogP contribution in [0.2, 0.25) is 0 Å². The van der Waals surface area contributed by atoms with Crippen LogP contribution in [0.3, 0.4) is 0 Å². The minimum absolute atomic E-state index is 0. The van der Waals surface area contributed by atoms with E-state index in [-0.39, 0.29) is 24.0 Å². The van der Waals surface area contributed by atoms with E-state index in [1.54, 1.807) is 14.2 Å². The van der Waals surface area contributed by atoms with Gasteiger partial charge in [-0.15, -0.1) is 24.0 Å². The van der Waals surface area contributed by atoms with E-state index < -0.39 is 0 Å². The molecule has 5 heteroatoms. The van der Waals surface area contributed by atoms with E-state index in [2.05, 4.69) is 53.7 Å². The number of hydrogen-bond donors (Lipinski definition) is 2. The summed E-state index contributed by atoms with van der Waals surface area (Å²) in [4.78, 5) is 4.24. The van der Waals surface area contributed by atoms with Crippen LogP contribution in [0.4, 0.5) is 0 Å². The third-order valence-electron chi connectivity index (χ3n) is 3.27. The van der Waals surface area contributed by atoms with Gasteiger partial charge in [0.05, 0.1) is 6.61 Å². The maximum atomic E-state index is 5.11. The van der Waals surface area contributed by atoms with Crippen molar-refractivity contribution in [1.82, 2.24) is 10.6 Å². The third-order valence-corrected chi connectivity index (χ3v) is 3.27. The molecule has 126 valence electrons. The Hall–Kier alpha value is -0.820. The average Bonchev–Trinajstić information content (AvgIpc) is 2.48. The largest absolute Gasteiger partial charge is 0.380 e. The summed E-state index contributed by atoms with van der Waals surface area (Å²) < 4.78 is 5.11. The number of aliphatic imine (C=N–C) groups is 1. The van der Waals surface area contributed by atoms with Crippen molar-refractivity contribution in [3.63, 3.8) is 0 Å². The van der Waals surface area contributed by atoms with E-state index in [0.717, 1.165) is 25.0 Å². The zero-order valence-electron chi connectivity index (χ0n) is 14.2. The number of guanidine groups is 1. The summed E-state index contributed by atoms with van der Waals surface area (Å²) in [6.07, 6.45) is 2.41. The summed E-state index contributed by atoms with van der Waals surface area (Å²) in [7, 11) is 3.52. The molecule has 0 radical (unpaired) electrons. The predicted molar refractivity (Wildman–Crippen MR) is 105 cm³/mol. The van der Waals surface area contributed by atoms with Crippen LogP contribution in [0.1, 0.15) is 37.8 Å². The second-order valence-electron chi connectivity index (χ2n) is 5.64. The molecule has 0 fully saturated rings. The molecule has 4 nitrogen and oxygen atoms in total. The van der Waals surface area contributed by atoms with Gasteiger partial charge in [0.15, 0.2) is 5.96 Å². The third kappa shape index (κ3) is 9.25. The Kier molecular flexibility index (Phi) is 12.2. The smallest absolute Gasteiger partial charge is 0.191 e. The van der Waals surface area contributed by atoms with Crippen molar-refractivity contribution in [3.05, 3.63) is 35.4 Å². The molecule has 0 aliphatic heterocycles. The highest BCUT2D eigenvalue weighted by molar-refractivity contribution is 14.0. The molecule has 0 saturated heterocycles. The lowest BCUT2D eigenvalue weighted by atomic mass is 10.1. The molecule has 0 aliphatic carbocycles. The van der Waals surface area contributed by atoms with Crippen molar-refractivity contribution in [2.24, 2.45) is 10.9 Å². The van der Waals surface area contributed by atoms with Gasteiger partial charge < -0.3 is 15.4 Å². The maximum Gasteiger partial charge on any atom is 0.191 e. The standard InChI is InChI=1S/C17H29N3O.HI/c1-14(2)6-5-11-19-17(18-3)20-12-15-7-9-16(10-8-15)13-21-4;/h7-10,14H,5-6,11-13H2,1-4H3,(H2,18,19,20);1H. The van der Waals surface area contributed by atoms with E-state index in [9.17, 15) is 0 Å². The Bertz CT molecular complexity index is 418. The first-order valence-electron chi connectivity index (χ1n) is 7.67. The summed E-state index contributed by atoms with van der Waals surface area (Å²) >= 11 is 0. The van der Waals surface area contributed by atoms with Crippen LogP contribution in [-0.4, -0.2) is 26.7 Å². The van der Waals surface area contributed by atoms with Crippen LogP contribution in [0.25, 0.3) is 0 Å². The molecule has 0 aliphatic rings. The van der Waals surface area contributed by atoms with Gasteiger partial charge in [-0.1, -0.05) is 38.1 Å². The second kappa shape index (κ2) is 12.7. The molecule has 2 N–H and O–H groups in total. The fourth-order valence-corrected chi connectivity index (χ4v) is 2.04. The number of hydrogen-bond acceptors (Lipinski definition) is 2. The summed E-state index contributed by atoms with van der Waals surface area (Å²) in [5.41, 5.74) is 2.43. The SMILES string of the molecule is CN=C(NCCCC(C)C)NCc1ccc(COC)cc1.I. The van der Waals surface area contributed by atoms with Crippen molar-refractivity contribution < 1.29 is 4.74 Å². The van der Waals surface area contributed by atoms with Crippen LogP contribution in [-0.2, 0) is 17.9 Å². The quantitative estimate of drug-likeness (QED) is 0.293. The first-order chi connectivity index (χ1) is 10.2. The topological polar surface area (TPSA) is 45.7 Å². The van der Waals surface area contributed by atoms with Crippen molar-refractivity contribution in [2.75, 3.05) is 20.7 Å². The number of nitrogens with one attached hydrogen (secondary N) is 2. The highest BCUT2D eigenvalue weighted by atomic mass is 127. The van der Waals surface area contributed by atoms with E-state index in [1.165, 1.54) is 24.0 Å². The van der Waals surface area contributed by atoms with Gasteiger partial charge in [0.1, 0.15) is 0 Å². The van der Waals surface area contributed by atoms with Crippen LogP contribution in [0, 0.1) is 5.92 Å². The van der Waals surface area contributed by atoms with Crippen molar-refractivity contribution >= 4 is 29.9 Å². The van der Waals surface area contributed by atoms with Gasteiger partial charge in [-0.3, -0.25) is 4.99 Å². The first kappa shape index (κ1) is 21.2. The highest BCUT2D eigenvalue weighted by Gasteiger charge is 1.99. The fourth-order valence-electron chi connectivity index (χ4n) is 2.04. The molecular weight excluding hydrogens is 389 g/mol. The molecule has 1 aromatic rings. The summed E-state index contributed by atoms with van der Waals surface area (Å²) in [5.74, 6) is 1.62. The van der Waals surface area contributed by atoms with Crippen molar-refractivity contribution in [3.8, 4) is 0 Å². The molecule has 0 aromatic heterocycles. The zero-order chi connectivity index (χ0) is 15.5. The number of ether oxygens (including phenoxy) is 1. The molecule has 22 heavy (non-hydrogen) atoms.